The van der Waals surface area contributed by atoms with Crippen LogP contribution in [0, 0.1) is 17.0 Å². The Morgan fingerprint density at radius 2 is 2.03 bits per heavy atom. The van der Waals surface area contributed by atoms with Crippen molar-refractivity contribution in [1.82, 2.24) is 9.97 Å². The smallest absolute Gasteiger partial charge is 0.274 e. The molecule has 0 spiro atoms. The summed E-state index contributed by atoms with van der Waals surface area (Å²) in [6.45, 7) is 4.43. The van der Waals surface area contributed by atoms with E-state index in [0.29, 0.717) is 10.8 Å². The third-order valence-corrected chi connectivity index (χ3v) is 5.44. The molecular formula is C23H23F2N3O2. The van der Waals surface area contributed by atoms with Crippen LogP contribution in [-0.2, 0) is 0 Å². The van der Waals surface area contributed by atoms with E-state index in [0.717, 1.165) is 37.9 Å². The van der Waals surface area contributed by atoms with Gasteiger partial charge in [-0.15, -0.1) is 0 Å². The number of amides is 1. The van der Waals surface area contributed by atoms with Gasteiger partial charge in [0.15, 0.2) is 0 Å². The summed E-state index contributed by atoms with van der Waals surface area (Å²) in [5.41, 5.74) is 0.500. The van der Waals surface area contributed by atoms with Gasteiger partial charge in [-0.05, 0) is 66.8 Å². The molecule has 3 aromatic rings. The number of hydrogen-bond donors (Lipinski definition) is 1. The van der Waals surface area contributed by atoms with Crippen LogP contribution in [-0.4, -0.2) is 22.0 Å². The minimum atomic E-state index is -0.552. The highest BCUT2D eigenvalue weighted by Gasteiger charge is 2.30. The summed E-state index contributed by atoms with van der Waals surface area (Å²) in [4.78, 5) is 20.3. The second-order valence-electron chi connectivity index (χ2n) is 8.49. The predicted octanol–water partition coefficient (Wildman–Crippen LogP) is 5.51. The van der Waals surface area contributed by atoms with Crippen LogP contribution < -0.4 is 10.1 Å². The Morgan fingerprint density at radius 1 is 1.20 bits per heavy atom. The fourth-order valence-corrected chi connectivity index (χ4v) is 3.99. The average molecular weight is 411 g/mol. The van der Waals surface area contributed by atoms with Crippen LogP contribution in [0.1, 0.15) is 50.0 Å². The number of nitrogens with one attached hydrogen (secondary N) is 1. The number of rotatable bonds is 4. The van der Waals surface area contributed by atoms with Gasteiger partial charge in [-0.1, -0.05) is 13.8 Å². The van der Waals surface area contributed by atoms with Gasteiger partial charge >= 0.3 is 0 Å². The van der Waals surface area contributed by atoms with E-state index >= 15 is 0 Å². The molecule has 1 fully saturated rings. The molecule has 2 heterocycles. The van der Waals surface area contributed by atoms with Crippen LogP contribution in [0.25, 0.3) is 10.8 Å². The number of ether oxygens (including phenoxy) is 1. The molecule has 1 aromatic carbocycles. The molecule has 2 aromatic heterocycles. The molecule has 1 aliphatic carbocycles. The van der Waals surface area contributed by atoms with E-state index in [4.69, 9.17) is 4.74 Å². The fourth-order valence-electron chi connectivity index (χ4n) is 3.99. The number of nitrogens with zero attached hydrogens (tertiary/aromatic N) is 2. The summed E-state index contributed by atoms with van der Waals surface area (Å²) in [5.74, 6) is -1.35. The van der Waals surface area contributed by atoms with E-state index < -0.39 is 17.5 Å². The zero-order chi connectivity index (χ0) is 21.3. The molecule has 30 heavy (non-hydrogen) atoms. The van der Waals surface area contributed by atoms with Gasteiger partial charge in [0.05, 0.1) is 11.6 Å². The number of fused-ring (bicyclic) bond motifs is 1. The van der Waals surface area contributed by atoms with Crippen molar-refractivity contribution in [3.8, 4) is 5.88 Å². The first-order valence-electron chi connectivity index (χ1n) is 9.99. The average Bonchev–Trinajstić information content (AvgIpc) is 2.67. The largest absolute Gasteiger partial charge is 0.474 e. The first-order chi connectivity index (χ1) is 14.3. The second kappa shape index (κ2) is 7.97. The molecule has 0 radical (unpaired) electrons. The Kier molecular flexibility index (Phi) is 5.37. The number of carbonyl (C=O) groups excluding carboxylic acids is 1. The van der Waals surface area contributed by atoms with E-state index in [2.05, 4.69) is 29.1 Å². The van der Waals surface area contributed by atoms with Gasteiger partial charge in [0.25, 0.3) is 5.91 Å². The number of pyridine rings is 2. The molecule has 1 N–H and O–H groups in total. The van der Waals surface area contributed by atoms with Crippen LogP contribution >= 0.6 is 0 Å². The van der Waals surface area contributed by atoms with Crippen molar-refractivity contribution in [2.24, 2.45) is 5.41 Å². The van der Waals surface area contributed by atoms with Crippen LogP contribution in [0.3, 0.4) is 0 Å². The van der Waals surface area contributed by atoms with E-state index in [9.17, 15) is 13.6 Å². The maximum atomic E-state index is 15.0. The molecule has 0 saturated heterocycles. The predicted molar refractivity (Wildman–Crippen MR) is 111 cm³/mol. The molecule has 0 aliphatic heterocycles. The number of aromatic nitrogens is 2. The third kappa shape index (κ3) is 4.40. The minimum Gasteiger partial charge on any atom is -0.474 e. The van der Waals surface area contributed by atoms with Crippen molar-refractivity contribution in [3.63, 3.8) is 0 Å². The molecule has 4 rings (SSSR count). The lowest BCUT2D eigenvalue weighted by atomic mass is 9.76. The molecule has 7 heteroatoms. The van der Waals surface area contributed by atoms with Crippen molar-refractivity contribution in [2.45, 2.75) is 45.6 Å². The Balaban J connectivity index is 1.58. The van der Waals surface area contributed by atoms with Gasteiger partial charge in [0, 0.05) is 11.9 Å². The van der Waals surface area contributed by atoms with E-state index in [1.54, 1.807) is 18.3 Å². The summed E-state index contributed by atoms with van der Waals surface area (Å²) >= 11 is 0. The van der Waals surface area contributed by atoms with Gasteiger partial charge in [-0.3, -0.25) is 4.79 Å². The van der Waals surface area contributed by atoms with Gasteiger partial charge in [0.2, 0.25) is 5.88 Å². The first-order valence-corrected chi connectivity index (χ1v) is 9.99. The topological polar surface area (TPSA) is 64.1 Å². The van der Waals surface area contributed by atoms with E-state index in [-0.39, 0.29) is 28.8 Å². The van der Waals surface area contributed by atoms with Gasteiger partial charge in [-0.2, -0.15) is 0 Å². The number of benzene rings is 1. The lowest BCUT2D eigenvalue weighted by molar-refractivity contribution is 0.0826. The van der Waals surface area contributed by atoms with Crippen molar-refractivity contribution in [1.29, 1.82) is 0 Å². The van der Waals surface area contributed by atoms with E-state index in [1.165, 1.54) is 12.1 Å². The third-order valence-electron chi connectivity index (χ3n) is 5.44. The van der Waals surface area contributed by atoms with Gasteiger partial charge in [-0.25, -0.2) is 18.7 Å². The highest BCUT2D eigenvalue weighted by Crippen LogP contribution is 2.38. The Labute approximate surface area is 173 Å². The zero-order valence-electron chi connectivity index (χ0n) is 16.9. The van der Waals surface area contributed by atoms with Crippen LogP contribution in [0.4, 0.5) is 14.5 Å². The highest BCUT2D eigenvalue weighted by molar-refractivity contribution is 6.04. The van der Waals surface area contributed by atoms with Crippen LogP contribution in [0.15, 0.2) is 42.7 Å². The number of carbonyl (C=O) groups is 1. The van der Waals surface area contributed by atoms with Crippen molar-refractivity contribution < 1.29 is 18.3 Å². The van der Waals surface area contributed by atoms with Crippen molar-refractivity contribution in [2.75, 3.05) is 5.32 Å². The summed E-state index contributed by atoms with van der Waals surface area (Å²) < 4.78 is 34.1. The first kappa shape index (κ1) is 20.2. The molecule has 5 nitrogen and oxygen atoms in total. The summed E-state index contributed by atoms with van der Waals surface area (Å²) in [6, 6.07) is 6.96. The van der Waals surface area contributed by atoms with Crippen LogP contribution in [0.2, 0.25) is 0 Å². The molecule has 1 saturated carbocycles. The summed E-state index contributed by atoms with van der Waals surface area (Å²) in [6.07, 6.45) is 6.55. The summed E-state index contributed by atoms with van der Waals surface area (Å²) in [5, 5.41) is 3.45. The lowest BCUT2D eigenvalue weighted by Crippen LogP contribution is -2.30. The maximum Gasteiger partial charge on any atom is 0.274 e. The molecule has 1 aliphatic rings. The summed E-state index contributed by atoms with van der Waals surface area (Å²) in [7, 11) is 0. The molecule has 1 atom stereocenters. The minimum absolute atomic E-state index is 0.00446. The van der Waals surface area contributed by atoms with Crippen molar-refractivity contribution in [3.05, 3.63) is 60.1 Å². The van der Waals surface area contributed by atoms with Crippen LogP contribution in [0.5, 0.6) is 5.88 Å². The molecule has 0 bridgehead atoms. The lowest BCUT2D eigenvalue weighted by Gasteiger charge is -2.35. The molecule has 156 valence electrons. The Hall–Kier alpha value is -3.09. The number of hydrogen-bond acceptors (Lipinski definition) is 4. The second-order valence-corrected chi connectivity index (χ2v) is 8.49. The standard InChI is InChI=1S/C23H23F2N3O2/c1-23(2)8-3-4-17(12-23)30-22-20-14(7-9-26-22)10-16(11-18(20)25)28-21(29)19-6-5-15(24)13-27-19/h5-7,9-11,13,17H,3-4,8,12H2,1-2H3,(H,28,29). The zero-order valence-corrected chi connectivity index (χ0v) is 16.9. The normalized spacial score (nSPS) is 18.2. The van der Waals surface area contributed by atoms with Gasteiger partial charge < -0.3 is 10.1 Å². The molecular weight excluding hydrogens is 388 g/mol. The number of anilines is 1. The Bertz CT molecular complexity index is 1080. The number of halogens is 2. The van der Waals surface area contributed by atoms with Gasteiger partial charge in [0.1, 0.15) is 23.4 Å². The SMILES string of the molecule is CC1(C)CCCC(Oc2nccc3cc(NC(=O)c4ccc(F)cn4)cc(F)c23)C1. The Morgan fingerprint density at radius 3 is 2.77 bits per heavy atom. The molecule has 1 amide bonds. The maximum absolute atomic E-state index is 15.0. The monoisotopic (exact) mass is 411 g/mol. The quantitative estimate of drug-likeness (QED) is 0.615. The van der Waals surface area contributed by atoms with Crippen molar-refractivity contribution >= 4 is 22.4 Å². The highest BCUT2D eigenvalue weighted by atomic mass is 19.1. The van der Waals surface area contributed by atoms with E-state index in [1.807, 2.05) is 0 Å². The fraction of sp³-hybridized carbons (Fsp3) is 0.348. The molecule has 1 unspecified atom stereocenters.